The maximum atomic E-state index is 12.4. The molecule has 2 unspecified atom stereocenters. The summed E-state index contributed by atoms with van der Waals surface area (Å²) in [5.41, 5.74) is 3.03. The standard InChI is InChI=1S/C15H16N2O3/c18-14-12-4-5-13(20-12)15(19)17(14)11-3-1-2-9-6-7-16-8-10(9)11/h1-3,12-13,16H,4-8H2. The lowest BCUT2D eigenvalue weighted by molar-refractivity contribution is -0.146. The van der Waals surface area contributed by atoms with Crippen LogP contribution in [-0.2, 0) is 27.3 Å². The van der Waals surface area contributed by atoms with Crippen LogP contribution in [-0.4, -0.2) is 30.6 Å². The second-order valence-electron chi connectivity index (χ2n) is 5.54. The van der Waals surface area contributed by atoms with Crippen LogP contribution in [0.4, 0.5) is 5.69 Å². The van der Waals surface area contributed by atoms with Crippen molar-refractivity contribution >= 4 is 17.5 Å². The molecule has 0 radical (unpaired) electrons. The SMILES string of the molecule is O=C1C2CCC(O2)C(=O)N1c1cccc2c1CNCC2. The third-order valence-corrected chi connectivity index (χ3v) is 4.37. The predicted molar refractivity (Wildman–Crippen MR) is 72.2 cm³/mol. The van der Waals surface area contributed by atoms with Crippen LogP contribution in [0.2, 0.25) is 0 Å². The minimum atomic E-state index is -0.440. The molecule has 2 atom stereocenters. The Bertz CT molecular complexity index is 577. The quantitative estimate of drug-likeness (QED) is 0.767. The summed E-state index contributed by atoms with van der Waals surface area (Å²) in [6.07, 6.45) is 1.36. The molecule has 0 spiro atoms. The van der Waals surface area contributed by atoms with Crippen molar-refractivity contribution in [2.24, 2.45) is 0 Å². The number of nitrogens with one attached hydrogen (secondary N) is 1. The van der Waals surface area contributed by atoms with Crippen LogP contribution in [0.5, 0.6) is 0 Å². The van der Waals surface area contributed by atoms with Crippen molar-refractivity contribution in [2.45, 2.75) is 38.0 Å². The summed E-state index contributed by atoms with van der Waals surface area (Å²) in [5.74, 6) is -0.412. The zero-order chi connectivity index (χ0) is 13.7. The van der Waals surface area contributed by atoms with E-state index in [1.54, 1.807) is 0 Å². The molecule has 0 saturated carbocycles. The number of amides is 2. The van der Waals surface area contributed by atoms with Gasteiger partial charge in [-0.25, -0.2) is 4.90 Å². The topological polar surface area (TPSA) is 58.6 Å². The van der Waals surface area contributed by atoms with Gasteiger partial charge in [0.1, 0.15) is 12.2 Å². The van der Waals surface area contributed by atoms with Crippen molar-refractivity contribution in [3.05, 3.63) is 29.3 Å². The van der Waals surface area contributed by atoms with Gasteiger partial charge in [-0.15, -0.1) is 0 Å². The molecular formula is C15H16N2O3. The van der Waals surface area contributed by atoms with Gasteiger partial charge in [0.15, 0.2) is 0 Å². The number of benzene rings is 1. The first-order valence-corrected chi connectivity index (χ1v) is 7.10. The minimum Gasteiger partial charge on any atom is -0.355 e. The number of hydrogen-bond donors (Lipinski definition) is 1. The van der Waals surface area contributed by atoms with Crippen molar-refractivity contribution in [2.75, 3.05) is 11.4 Å². The van der Waals surface area contributed by atoms with Crippen LogP contribution < -0.4 is 10.2 Å². The molecule has 1 aromatic rings. The molecule has 0 aliphatic carbocycles. The summed E-state index contributed by atoms with van der Waals surface area (Å²) in [6.45, 7) is 1.64. The summed E-state index contributed by atoms with van der Waals surface area (Å²) in [5, 5.41) is 3.31. The largest absolute Gasteiger partial charge is 0.355 e. The van der Waals surface area contributed by atoms with E-state index < -0.39 is 12.2 Å². The van der Waals surface area contributed by atoms with Crippen molar-refractivity contribution in [1.29, 1.82) is 0 Å². The summed E-state index contributed by atoms with van der Waals surface area (Å²) in [6, 6.07) is 5.87. The summed E-state index contributed by atoms with van der Waals surface area (Å²) < 4.78 is 5.46. The molecule has 5 heteroatoms. The monoisotopic (exact) mass is 272 g/mol. The lowest BCUT2D eigenvalue weighted by Crippen LogP contribution is -2.52. The molecule has 3 aliphatic rings. The van der Waals surface area contributed by atoms with Gasteiger partial charge in [-0.2, -0.15) is 0 Å². The van der Waals surface area contributed by atoms with Gasteiger partial charge >= 0.3 is 0 Å². The first kappa shape index (κ1) is 12.1. The first-order chi connectivity index (χ1) is 9.75. The van der Waals surface area contributed by atoms with E-state index in [4.69, 9.17) is 4.74 Å². The number of hydrogen-bond acceptors (Lipinski definition) is 4. The Morgan fingerprint density at radius 2 is 1.90 bits per heavy atom. The van der Waals surface area contributed by atoms with Gasteiger partial charge in [0.2, 0.25) is 0 Å². The number of nitrogens with zero attached hydrogens (tertiary/aromatic N) is 1. The fraction of sp³-hybridized carbons (Fsp3) is 0.467. The Morgan fingerprint density at radius 3 is 2.65 bits per heavy atom. The fourth-order valence-electron chi connectivity index (χ4n) is 3.34. The van der Waals surface area contributed by atoms with E-state index in [0.29, 0.717) is 19.4 Å². The van der Waals surface area contributed by atoms with Crippen LogP contribution in [0.3, 0.4) is 0 Å². The minimum absolute atomic E-state index is 0.206. The Morgan fingerprint density at radius 1 is 1.15 bits per heavy atom. The average Bonchev–Trinajstić information content (AvgIpc) is 2.93. The van der Waals surface area contributed by atoms with Crippen LogP contribution in [0.1, 0.15) is 24.0 Å². The first-order valence-electron chi connectivity index (χ1n) is 7.10. The third-order valence-electron chi connectivity index (χ3n) is 4.37. The zero-order valence-electron chi connectivity index (χ0n) is 11.1. The van der Waals surface area contributed by atoms with E-state index >= 15 is 0 Å². The van der Waals surface area contributed by atoms with E-state index in [2.05, 4.69) is 11.4 Å². The van der Waals surface area contributed by atoms with E-state index in [-0.39, 0.29) is 11.8 Å². The fourth-order valence-corrected chi connectivity index (χ4v) is 3.34. The van der Waals surface area contributed by atoms with Crippen molar-refractivity contribution in [3.8, 4) is 0 Å². The maximum absolute atomic E-state index is 12.4. The van der Waals surface area contributed by atoms with Gasteiger partial charge in [-0.1, -0.05) is 12.1 Å². The number of anilines is 1. The van der Waals surface area contributed by atoms with Gasteiger partial charge in [0.25, 0.3) is 11.8 Å². The Labute approximate surface area is 116 Å². The number of morpholine rings is 1. The van der Waals surface area contributed by atoms with E-state index in [1.807, 2.05) is 12.1 Å². The Balaban J connectivity index is 1.80. The lowest BCUT2D eigenvalue weighted by Gasteiger charge is -2.32. The molecule has 1 aromatic carbocycles. The normalized spacial score (nSPS) is 28.7. The van der Waals surface area contributed by atoms with Gasteiger partial charge < -0.3 is 10.1 Å². The highest BCUT2D eigenvalue weighted by Crippen LogP contribution is 2.34. The van der Waals surface area contributed by atoms with Crippen LogP contribution >= 0.6 is 0 Å². The molecule has 4 rings (SSSR count). The number of carbonyl (C=O) groups is 2. The highest BCUT2D eigenvalue weighted by Gasteiger charge is 2.47. The Hall–Kier alpha value is -1.72. The van der Waals surface area contributed by atoms with Crippen LogP contribution in [0, 0.1) is 0 Å². The van der Waals surface area contributed by atoms with Crippen LogP contribution in [0.25, 0.3) is 0 Å². The summed E-state index contributed by atoms with van der Waals surface area (Å²) in [7, 11) is 0. The van der Waals surface area contributed by atoms with Gasteiger partial charge in [-0.3, -0.25) is 9.59 Å². The van der Waals surface area contributed by atoms with Gasteiger partial charge in [0.05, 0.1) is 5.69 Å². The van der Waals surface area contributed by atoms with E-state index in [1.165, 1.54) is 10.5 Å². The predicted octanol–water partition coefficient (Wildman–Crippen LogP) is 0.753. The number of ether oxygens (including phenoxy) is 1. The maximum Gasteiger partial charge on any atom is 0.262 e. The lowest BCUT2D eigenvalue weighted by atomic mass is 9.98. The van der Waals surface area contributed by atoms with E-state index in [0.717, 1.165) is 24.2 Å². The van der Waals surface area contributed by atoms with Crippen molar-refractivity contribution < 1.29 is 14.3 Å². The molecule has 1 N–H and O–H groups in total. The second-order valence-corrected chi connectivity index (χ2v) is 5.54. The molecule has 2 amide bonds. The Kier molecular flexibility index (Phi) is 2.65. The number of imide groups is 1. The summed E-state index contributed by atoms with van der Waals surface area (Å²) >= 11 is 0. The van der Waals surface area contributed by atoms with Gasteiger partial charge in [0, 0.05) is 6.54 Å². The van der Waals surface area contributed by atoms with E-state index in [9.17, 15) is 9.59 Å². The molecule has 2 bridgehead atoms. The number of carbonyl (C=O) groups excluding carboxylic acids is 2. The van der Waals surface area contributed by atoms with Crippen molar-refractivity contribution in [1.82, 2.24) is 5.32 Å². The molecule has 2 fully saturated rings. The van der Waals surface area contributed by atoms with Crippen molar-refractivity contribution in [3.63, 3.8) is 0 Å². The molecule has 20 heavy (non-hydrogen) atoms. The second kappa shape index (κ2) is 4.40. The third kappa shape index (κ3) is 1.63. The zero-order valence-corrected chi connectivity index (χ0v) is 11.1. The molecule has 0 aromatic heterocycles. The number of rotatable bonds is 1. The molecule has 2 saturated heterocycles. The average molecular weight is 272 g/mol. The molecule has 5 nitrogen and oxygen atoms in total. The highest BCUT2D eigenvalue weighted by atomic mass is 16.5. The number of fused-ring (bicyclic) bond motifs is 3. The molecule has 104 valence electrons. The molecule has 3 heterocycles. The summed E-state index contributed by atoms with van der Waals surface area (Å²) in [4.78, 5) is 26.2. The molecule has 3 aliphatic heterocycles. The van der Waals surface area contributed by atoms with Gasteiger partial charge in [-0.05, 0) is 43.0 Å². The van der Waals surface area contributed by atoms with Crippen LogP contribution in [0.15, 0.2) is 18.2 Å². The smallest absolute Gasteiger partial charge is 0.262 e. The molecular weight excluding hydrogens is 256 g/mol. The highest BCUT2D eigenvalue weighted by molar-refractivity contribution is 6.20.